The van der Waals surface area contributed by atoms with Crippen LogP contribution in [0.5, 0.6) is 11.5 Å². The largest absolute Gasteiger partial charge is 0.493 e. The molecule has 8 rings (SSSR count). The smallest absolute Gasteiger partial charge is 0.294 e. The lowest BCUT2D eigenvalue weighted by Crippen LogP contribution is -2.54. The topological polar surface area (TPSA) is 344 Å². The molecule has 4 aromatic heterocycles. The predicted octanol–water partition coefficient (Wildman–Crippen LogP) is 3.72. The lowest BCUT2D eigenvalue weighted by atomic mass is 10.1. The molecule has 0 amide bonds. The average molecular weight is 1120 g/mol. The lowest BCUT2D eigenvalue weighted by Gasteiger charge is -2.37. The Morgan fingerprint density at radius 3 is 1.39 bits per heavy atom. The molecule has 2 aromatic carbocycles. The summed E-state index contributed by atoms with van der Waals surface area (Å²) in [6, 6.07) is 8.95. The molecule has 0 saturated carbocycles. The summed E-state index contributed by atoms with van der Waals surface area (Å²) in [5, 5.41) is 27.5. The summed E-state index contributed by atoms with van der Waals surface area (Å²) in [6.45, 7) is 9.45. The molecule has 6 heterocycles. The number of nitrogens with zero attached hydrogens (tertiary/aromatic N) is 10. The quantitative estimate of drug-likeness (QED) is 0.0421. The van der Waals surface area contributed by atoms with Crippen LogP contribution in [0.4, 0.5) is 0 Å². The van der Waals surface area contributed by atoms with Gasteiger partial charge in [0, 0.05) is 53.5 Å². The van der Waals surface area contributed by atoms with Gasteiger partial charge in [0.05, 0.1) is 70.9 Å². The van der Waals surface area contributed by atoms with Crippen molar-refractivity contribution in [2.24, 2.45) is 14.1 Å². The number of aryl methyl sites for hydroxylation is 4. The minimum atomic E-state index is -3.86. The Bertz CT molecular complexity index is 3420. The molecule has 0 unspecified atom stereocenters. The zero-order chi connectivity index (χ0) is 55.6. The number of ether oxygens (including phenoxy) is 4. The Morgan fingerprint density at radius 2 is 1.00 bits per heavy atom. The van der Waals surface area contributed by atoms with E-state index in [0.717, 1.165) is 12.8 Å². The third kappa shape index (κ3) is 13.4. The van der Waals surface area contributed by atoms with Gasteiger partial charge in [0.1, 0.15) is 34.2 Å². The van der Waals surface area contributed by atoms with E-state index in [9.17, 15) is 46.7 Å². The van der Waals surface area contributed by atoms with Gasteiger partial charge in [0.15, 0.2) is 11.0 Å². The van der Waals surface area contributed by atoms with Gasteiger partial charge >= 0.3 is 0 Å². The first-order valence-corrected chi connectivity index (χ1v) is 27.9. The SMILES string of the molecule is CCCc1nn(C)c2c(=O)[nH]c(-c3cc(S(=O)(=O)N4CC(OCCCCO[N+](=O)[O-])C4)ccc3OCC)nc12.CCCc1nn(C)c2c(=O)[nH]c(-c3cc(S(=O)(=O)N4CC(OCCCO[N+](=O)[O-])C4)ccc3OCC)nc12. The normalized spacial score (nSPS) is 14.5. The highest BCUT2D eigenvalue weighted by Gasteiger charge is 2.39. The second kappa shape index (κ2) is 25.4. The molecule has 2 aliphatic heterocycles. The van der Waals surface area contributed by atoms with Crippen LogP contribution in [0.25, 0.3) is 44.8 Å². The van der Waals surface area contributed by atoms with E-state index < -0.39 is 30.2 Å². The van der Waals surface area contributed by atoms with Gasteiger partial charge < -0.3 is 38.6 Å². The molecular formula is C47H62N12O16S2. The van der Waals surface area contributed by atoms with E-state index in [1.165, 1.54) is 42.2 Å². The highest BCUT2D eigenvalue weighted by Crippen LogP contribution is 2.35. The number of unbranched alkanes of at least 4 members (excludes halogenated alkanes) is 1. The number of hydrogen-bond acceptors (Lipinski definition) is 20. The number of aromatic amines is 2. The van der Waals surface area contributed by atoms with E-state index in [2.05, 4.69) is 39.8 Å². The maximum atomic E-state index is 13.4. The maximum Gasteiger partial charge on any atom is 0.294 e. The fourth-order valence-electron chi connectivity index (χ4n) is 8.58. The van der Waals surface area contributed by atoms with Crippen LogP contribution < -0.4 is 20.6 Å². The maximum absolute atomic E-state index is 13.4. The van der Waals surface area contributed by atoms with Gasteiger partial charge in [-0.15, -0.1) is 20.2 Å². The van der Waals surface area contributed by atoms with E-state index in [0.29, 0.717) is 108 Å². The zero-order valence-corrected chi connectivity index (χ0v) is 45.1. The van der Waals surface area contributed by atoms with Crippen molar-refractivity contribution >= 4 is 42.1 Å². The van der Waals surface area contributed by atoms with Crippen molar-refractivity contribution in [1.82, 2.24) is 48.1 Å². The first-order valence-electron chi connectivity index (χ1n) is 25.0. The molecule has 6 aromatic rings. The second-order valence-electron chi connectivity index (χ2n) is 17.9. The summed E-state index contributed by atoms with van der Waals surface area (Å²) in [7, 11) is -4.34. The third-order valence-electron chi connectivity index (χ3n) is 12.3. The molecule has 418 valence electrons. The molecule has 0 aliphatic carbocycles. The van der Waals surface area contributed by atoms with E-state index in [-0.39, 0.29) is 90.8 Å². The molecule has 2 fully saturated rings. The summed E-state index contributed by atoms with van der Waals surface area (Å²) in [4.78, 5) is 69.6. The van der Waals surface area contributed by atoms with Crippen LogP contribution in [0.3, 0.4) is 0 Å². The number of hydrogen-bond donors (Lipinski definition) is 2. The number of sulfonamides is 2. The number of fused-ring (bicyclic) bond motifs is 2. The van der Waals surface area contributed by atoms with E-state index in [1.807, 2.05) is 20.8 Å². The third-order valence-corrected chi connectivity index (χ3v) is 16.0. The van der Waals surface area contributed by atoms with Crippen molar-refractivity contribution in [3.8, 4) is 34.3 Å². The fourth-order valence-corrected chi connectivity index (χ4v) is 11.6. The molecular weight excluding hydrogens is 1050 g/mol. The molecule has 28 nitrogen and oxygen atoms in total. The Morgan fingerprint density at radius 1 is 0.610 bits per heavy atom. The monoisotopic (exact) mass is 1110 g/mol. The molecule has 2 saturated heterocycles. The standard InChI is InChI=1S/C24H32N6O8S.C23H30N6O8S/c1-4-8-19-21-22(28(3)27-19)24(31)26-23(25-21)18-13-17(9-10-20(18)36-5-2)39(34,35)29-14-16(15-29)37-11-6-7-12-38-30(32)33;1-4-7-18-20-21(27(3)26-18)23(30)25-22(24-20)17-12-16(8-9-19(17)35-5-2)38(33,34)28-13-15(14-28)36-10-6-11-37-29(31)32/h9-10,13,16H,4-8,11-12,14-15H2,1-3H3,(H,25,26,31);8-9,12,15H,4-7,10-11,13-14H2,1-3H3,(H,24,25,30). The fraction of sp³-hybridized carbons (Fsp3) is 0.532. The number of benzene rings is 2. The molecule has 2 N–H and O–H groups in total. The lowest BCUT2D eigenvalue weighted by molar-refractivity contribution is -0.757. The van der Waals surface area contributed by atoms with Crippen LogP contribution in [0.2, 0.25) is 0 Å². The summed E-state index contributed by atoms with van der Waals surface area (Å²) in [5.74, 6) is 1.17. The van der Waals surface area contributed by atoms with Gasteiger partial charge in [0.2, 0.25) is 20.0 Å². The van der Waals surface area contributed by atoms with Crippen LogP contribution in [-0.4, -0.2) is 153 Å². The molecule has 0 atom stereocenters. The first-order chi connectivity index (χ1) is 36.8. The van der Waals surface area contributed by atoms with Gasteiger partial charge in [-0.1, -0.05) is 26.7 Å². The highest BCUT2D eigenvalue weighted by molar-refractivity contribution is 7.89. The molecule has 0 bridgehead atoms. The van der Waals surface area contributed by atoms with Crippen molar-refractivity contribution in [3.63, 3.8) is 0 Å². The predicted molar refractivity (Wildman–Crippen MR) is 276 cm³/mol. The van der Waals surface area contributed by atoms with Crippen LogP contribution in [-0.2, 0) is 66.1 Å². The molecule has 2 aliphatic rings. The van der Waals surface area contributed by atoms with Crippen molar-refractivity contribution in [3.05, 3.63) is 88.7 Å². The first kappa shape index (κ1) is 57.6. The van der Waals surface area contributed by atoms with Gasteiger partial charge in [-0.05, 0) is 82.3 Å². The molecule has 0 spiro atoms. The van der Waals surface area contributed by atoms with Crippen LogP contribution >= 0.6 is 0 Å². The van der Waals surface area contributed by atoms with Crippen LogP contribution in [0.15, 0.2) is 55.8 Å². The van der Waals surface area contributed by atoms with Gasteiger partial charge in [-0.25, -0.2) is 26.8 Å². The Labute approximate surface area is 441 Å². The van der Waals surface area contributed by atoms with Crippen molar-refractivity contribution in [1.29, 1.82) is 0 Å². The number of aromatic nitrogens is 8. The van der Waals surface area contributed by atoms with Gasteiger partial charge in [0.25, 0.3) is 21.3 Å². The van der Waals surface area contributed by atoms with E-state index in [1.54, 1.807) is 33.2 Å². The summed E-state index contributed by atoms with van der Waals surface area (Å²) in [5.41, 5.74) is 2.95. The van der Waals surface area contributed by atoms with E-state index in [4.69, 9.17) is 18.9 Å². The molecule has 77 heavy (non-hydrogen) atoms. The Balaban J connectivity index is 0.000000224. The summed E-state index contributed by atoms with van der Waals surface area (Å²) < 4.78 is 81.6. The van der Waals surface area contributed by atoms with Crippen LogP contribution in [0.1, 0.15) is 71.2 Å². The second-order valence-corrected chi connectivity index (χ2v) is 21.7. The van der Waals surface area contributed by atoms with Gasteiger partial charge in [-0.3, -0.25) is 19.0 Å². The number of rotatable bonds is 27. The van der Waals surface area contributed by atoms with Gasteiger partial charge in [-0.2, -0.15) is 18.8 Å². The van der Waals surface area contributed by atoms with Crippen molar-refractivity contribution < 1.29 is 55.6 Å². The summed E-state index contributed by atoms with van der Waals surface area (Å²) in [6.07, 6.45) is 3.69. The summed E-state index contributed by atoms with van der Waals surface area (Å²) >= 11 is 0. The zero-order valence-electron chi connectivity index (χ0n) is 43.5. The number of H-pyrrole nitrogens is 2. The molecule has 0 radical (unpaired) electrons. The Hall–Kier alpha value is -7.12. The Kier molecular flexibility index (Phi) is 19.0. The van der Waals surface area contributed by atoms with E-state index >= 15 is 0 Å². The minimum absolute atomic E-state index is 0.00460. The average Bonchev–Trinajstić information content (AvgIpc) is 3.86. The molecule has 30 heteroatoms. The van der Waals surface area contributed by atoms with Crippen molar-refractivity contribution in [2.75, 3.05) is 65.8 Å². The minimum Gasteiger partial charge on any atom is -0.493 e. The highest BCUT2D eigenvalue weighted by atomic mass is 32.2. The van der Waals surface area contributed by atoms with Crippen molar-refractivity contribution in [2.45, 2.75) is 94.6 Å². The number of nitrogens with one attached hydrogen (secondary N) is 2. The van der Waals surface area contributed by atoms with Crippen LogP contribution in [0, 0.1) is 20.2 Å².